The van der Waals surface area contributed by atoms with Gasteiger partial charge in [-0.3, -0.25) is 9.59 Å². The lowest BCUT2D eigenvalue weighted by atomic mass is 10.1. The summed E-state index contributed by atoms with van der Waals surface area (Å²) in [5, 5.41) is 0. The van der Waals surface area contributed by atoms with Crippen LogP contribution in [0.2, 0.25) is 0 Å². The molecule has 1 fully saturated rings. The van der Waals surface area contributed by atoms with Gasteiger partial charge in [0.1, 0.15) is 17.6 Å². The van der Waals surface area contributed by atoms with Crippen LogP contribution in [0.4, 0.5) is 10.1 Å². The third-order valence-corrected chi connectivity index (χ3v) is 4.40. The predicted octanol–water partition coefficient (Wildman–Crippen LogP) is 2.71. The number of hydrogen-bond acceptors (Lipinski definition) is 3. The highest BCUT2D eigenvalue weighted by atomic mass is 19.1. The molecule has 1 atom stereocenters. The molecule has 130 valence electrons. The number of piperazine rings is 1. The quantitative estimate of drug-likeness (QED) is 0.862. The first kappa shape index (κ1) is 17.0. The average molecular weight is 342 g/mol. The minimum atomic E-state index is -0.664. The van der Waals surface area contributed by atoms with Gasteiger partial charge in [-0.05, 0) is 43.3 Å². The van der Waals surface area contributed by atoms with Crippen LogP contribution in [-0.2, 0) is 4.79 Å². The molecule has 2 amide bonds. The Labute approximate surface area is 145 Å². The first-order valence-electron chi connectivity index (χ1n) is 8.04. The van der Waals surface area contributed by atoms with E-state index in [1.807, 2.05) is 0 Å². The van der Waals surface area contributed by atoms with Crippen LogP contribution in [-0.4, -0.2) is 43.0 Å². The third kappa shape index (κ3) is 3.20. The lowest BCUT2D eigenvalue weighted by molar-refractivity contribution is -0.124. The van der Waals surface area contributed by atoms with Gasteiger partial charge in [-0.15, -0.1) is 0 Å². The Kier molecular flexibility index (Phi) is 4.70. The number of carbonyl (C=O) groups is 2. The monoisotopic (exact) mass is 342 g/mol. The summed E-state index contributed by atoms with van der Waals surface area (Å²) in [6.45, 7) is 2.26. The van der Waals surface area contributed by atoms with Gasteiger partial charge in [0.05, 0.1) is 12.8 Å². The van der Waals surface area contributed by atoms with Crippen molar-refractivity contribution in [2.75, 3.05) is 25.1 Å². The summed E-state index contributed by atoms with van der Waals surface area (Å²) in [4.78, 5) is 28.3. The molecule has 2 aromatic rings. The van der Waals surface area contributed by atoms with Crippen LogP contribution in [0.5, 0.6) is 5.75 Å². The van der Waals surface area contributed by atoms with E-state index < -0.39 is 11.9 Å². The van der Waals surface area contributed by atoms with E-state index in [0.29, 0.717) is 17.9 Å². The number of benzene rings is 2. The van der Waals surface area contributed by atoms with Crippen molar-refractivity contribution in [3.05, 3.63) is 59.9 Å². The Bertz CT molecular complexity index is 792. The first-order chi connectivity index (χ1) is 12.0. The SMILES string of the molecule is COc1ccc(C(=O)N2CCN(c3ccccc3F)C(=O)C2C)cc1. The summed E-state index contributed by atoms with van der Waals surface area (Å²) >= 11 is 0. The molecule has 25 heavy (non-hydrogen) atoms. The second-order valence-corrected chi connectivity index (χ2v) is 5.84. The smallest absolute Gasteiger partial charge is 0.254 e. The number of para-hydroxylation sites is 1. The van der Waals surface area contributed by atoms with Crippen LogP contribution >= 0.6 is 0 Å². The lowest BCUT2D eigenvalue weighted by Gasteiger charge is -2.39. The van der Waals surface area contributed by atoms with Crippen molar-refractivity contribution < 1.29 is 18.7 Å². The van der Waals surface area contributed by atoms with Crippen LogP contribution in [0, 0.1) is 5.82 Å². The molecule has 1 aliphatic rings. The van der Waals surface area contributed by atoms with Crippen LogP contribution in [0.15, 0.2) is 48.5 Å². The fourth-order valence-corrected chi connectivity index (χ4v) is 2.96. The molecule has 0 aromatic heterocycles. The zero-order valence-electron chi connectivity index (χ0n) is 14.1. The minimum absolute atomic E-state index is 0.225. The van der Waals surface area contributed by atoms with Gasteiger partial charge in [0, 0.05) is 18.7 Å². The Morgan fingerprint density at radius 2 is 1.80 bits per heavy atom. The number of carbonyl (C=O) groups excluding carboxylic acids is 2. The molecule has 0 spiro atoms. The molecule has 5 nitrogen and oxygen atoms in total. The van der Waals surface area contributed by atoms with Gasteiger partial charge in [-0.25, -0.2) is 4.39 Å². The summed E-state index contributed by atoms with van der Waals surface area (Å²) in [5.41, 5.74) is 0.732. The Morgan fingerprint density at radius 1 is 1.12 bits per heavy atom. The summed E-state index contributed by atoms with van der Waals surface area (Å²) in [6, 6.07) is 12.2. The van der Waals surface area contributed by atoms with Crippen molar-refractivity contribution in [2.24, 2.45) is 0 Å². The molecule has 2 aromatic carbocycles. The van der Waals surface area contributed by atoms with Gasteiger partial charge >= 0.3 is 0 Å². The van der Waals surface area contributed by atoms with Gasteiger partial charge in [-0.1, -0.05) is 12.1 Å². The van der Waals surface area contributed by atoms with Gasteiger partial charge in [0.25, 0.3) is 5.91 Å². The van der Waals surface area contributed by atoms with Gasteiger partial charge in [-0.2, -0.15) is 0 Å². The lowest BCUT2D eigenvalue weighted by Crippen LogP contribution is -2.58. The Morgan fingerprint density at radius 3 is 2.44 bits per heavy atom. The van der Waals surface area contributed by atoms with E-state index in [9.17, 15) is 14.0 Å². The highest BCUT2D eigenvalue weighted by Gasteiger charge is 2.36. The molecule has 6 heteroatoms. The maximum absolute atomic E-state index is 14.0. The molecule has 3 rings (SSSR count). The summed E-state index contributed by atoms with van der Waals surface area (Å²) in [6.07, 6.45) is 0. The normalized spacial score (nSPS) is 17.6. The number of methoxy groups -OCH3 is 1. The van der Waals surface area contributed by atoms with Crippen molar-refractivity contribution in [2.45, 2.75) is 13.0 Å². The van der Waals surface area contributed by atoms with Gasteiger partial charge in [0.15, 0.2) is 0 Å². The van der Waals surface area contributed by atoms with E-state index in [-0.39, 0.29) is 24.0 Å². The fraction of sp³-hybridized carbons (Fsp3) is 0.263. The molecule has 1 heterocycles. The van der Waals surface area contributed by atoms with E-state index in [1.54, 1.807) is 56.5 Å². The molecule has 0 bridgehead atoms. The zero-order chi connectivity index (χ0) is 18.0. The van der Waals surface area contributed by atoms with E-state index in [4.69, 9.17) is 4.74 Å². The van der Waals surface area contributed by atoms with Gasteiger partial charge < -0.3 is 14.5 Å². The van der Waals surface area contributed by atoms with Crippen LogP contribution in [0.1, 0.15) is 17.3 Å². The summed E-state index contributed by atoms with van der Waals surface area (Å²) in [7, 11) is 1.56. The molecule has 1 unspecified atom stereocenters. The molecule has 0 radical (unpaired) electrons. The molecule has 1 aliphatic heterocycles. The molecule has 0 aliphatic carbocycles. The Balaban J connectivity index is 1.79. The number of ether oxygens (including phenoxy) is 1. The van der Waals surface area contributed by atoms with Crippen molar-refractivity contribution in [1.82, 2.24) is 4.90 Å². The zero-order valence-corrected chi connectivity index (χ0v) is 14.1. The first-order valence-corrected chi connectivity index (χ1v) is 8.04. The minimum Gasteiger partial charge on any atom is -0.497 e. The maximum Gasteiger partial charge on any atom is 0.254 e. The van der Waals surface area contributed by atoms with Crippen LogP contribution in [0.3, 0.4) is 0 Å². The van der Waals surface area contributed by atoms with E-state index in [1.165, 1.54) is 15.9 Å². The van der Waals surface area contributed by atoms with Crippen molar-refractivity contribution >= 4 is 17.5 Å². The largest absolute Gasteiger partial charge is 0.497 e. The summed E-state index contributed by atoms with van der Waals surface area (Å²) in [5.74, 6) is -0.307. The maximum atomic E-state index is 14.0. The molecular weight excluding hydrogens is 323 g/mol. The molecule has 0 N–H and O–H groups in total. The van der Waals surface area contributed by atoms with E-state index >= 15 is 0 Å². The van der Waals surface area contributed by atoms with Gasteiger partial charge in [0.2, 0.25) is 5.91 Å². The van der Waals surface area contributed by atoms with E-state index in [0.717, 1.165) is 0 Å². The number of anilines is 1. The molecule has 1 saturated heterocycles. The van der Waals surface area contributed by atoms with Crippen molar-refractivity contribution in [3.63, 3.8) is 0 Å². The second kappa shape index (κ2) is 6.93. The number of hydrogen-bond donors (Lipinski definition) is 0. The number of nitrogens with zero attached hydrogens (tertiary/aromatic N) is 2. The highest BCUT2D eigenvalue weighted by molar-refractivity contribution is 6.03. The van der Waals surface area contributed by atoms with Crippen molar-refractivity contribution in [1.29, 1.82) is 0 Å². The standard InChI is InChI=1S/C19H19FN2O3/c1-13-18(23)22(17-6-4-3-5-16(17)20)12-11-21(13)19(24)14-7-9-15(25-2)10-8-14/h3-10,13H,11-12H2,1-2H3. The molecular formula is C19H19FN2O3. The van der Waals surface area contributed by atoms with Crippen LogP contribution in [0.25, 0.3) is 0 Å². The van der Waals surface area contributed by atoms with Crippen molar-refractivity contribution in [3.8, 4) is 5.75 Å². The van der Waals surface area contributed by atoms with Crippen LogP contribution < -0.4 is 9.64 Å². The highest BCUT2D eigenvalue weighted by Crippen LogP contribution is 2.24. The number of halogens is 1. The predicted molar refractivity (Wildman–Crippen MR) is 92.2 cm³/mol. The third-order valence-electron chi connectivity index (χ3n) is 4.40. The average Bonchev–Trinajstić information content (AvgIpc) is 2.64. The van der Waals surface area contributed by atoms with E-state index in [2.05, 4.69) is 0 Å². The summed E-state index contributed by atoms with van der Waals surface area (Å²) < 4.78 is 19.1. The molecule has 0 saturated carbocycles. The Hall–Kier alpha value is -2.89. The fourth-order valence-electron chi connectivity index (χ4n) is 2.96. The number of amides is 2. The number of rotatable bonds is 3. The second-order valence-electron chi connectivity index (χ2n) is 5.84. The topological polar surface area (TPSA) is 49.9 Å².